The molecule has 4 heterocycles. The Morgan fingerprint density at radius 1 is 1.03 bits per heavy atom. The molecule has 0 amide bonds. The van der Waals surface area contributed by atoms with Crippen molar-refractivity contribution in [2.75, 3.05) is 32.0 Å². The number of fused-ring (bicyclic) bond motifs is 5. The van der Waals surface area contributed by atoms with Crippen LogP contribution in [0.2, 0.25) is 0 Å². The third-order valence-electron chi connectivity index (χ3n) is 6.26. The molecule has 1 atom stereocenters. The highest BCUT2D eigenvalue weighted by Crippen LogP contribution is 2.57. The maximum atomic E-state index is 13.0. The Morgan fingerprint density at radius 2 is 1.84 bits per heavy atom. The first-order valence-electron chi connectivity index (χ1n) is 10.0. The summed E-state index contributed by atoms with van der Waals surface area (Å²) in [6.45, 7) is 1.17. The average molecular weight is 445 g/mol. The van der Waals surface area contributed by atoms with E-state index in [0.29, 0.717) is 36.1 Å². The van der Waals surface area contributed by atoms with Gasteiger partial charge in [-0.15, -0.1) is 0 Å². The summed E-state index contributed by atoms with van der Waals surface area (Å²) in [7, 11) is 1.60. The van der Waals surface area contributed by atoms with E-state index in [1.165, 1.54) is 6.07 Å². The van der Waals surface area contributed by atoms with Gasteiger partial charge in [0.05, 0.1) is 19.1 Å². The minimum atomic E-state index is -4.52. The largest absolute Gasteiger partial charge is 0.496 e. The van der Waals surface area contributed by atoms with Crippen molar-refractivity contribution >= 4 is 5.69 Å². The normalized spacial score (nSPS) is 20.4. The molecule has 166 valence electrons. The maximum Gasteiger partial charge on any atom is 0.449 e. The molecule has 0 radical (unpaired) electrons. The van der Waals surface area contributed by atoms with Crippen molar-refractivity contribution in [2.45, 2.75) is 18.1 Å². The van der Waals surface area contributed by atoms with Gasteiger partial charge in [0.15, 0.2) is 11.5 Å². The molecule has 32 heavy (non-hydrogen) atoms. The van der Waals surface area contributed by atoms with Gasteiger partial charge < -0.3 is 28.3 Å². The molecule has 6 nitrogen and oxygen atoms in total. The van der Waals surface area contributed by atoms with Crippen LogP contribution in [0, 0.1) is 0 Å². The van der Waals surface area contributed by atoms with E-state index >= 15 is 0 Å². The number of anilines is 1. The van der Waals surface area contributed by atoms with Gasteiger partial charge in [-0.1, -0.05) is 6.07 Å². The summed E-state index contributed by atoms with van der Waals surface area (Å²) in [4.78, 5) is 2.00. The first-order chi connectivity index (χ1) is 15.4. The van der Waals surface area contributed by atoms with E-state index in [0.717, 1.165) is 22.9 Å². The number of hydrogen-bond acceptors (Lipinski definition) is 6. The summed E-state index contributed by atoms with van der Waals surface area (Å²) in [6, 6.07) is 11.8. The van der Waals surface area contributed by atoms with Crippen molar-refractivity contribution in [2.24, 2.45) is 0 Å². The van der Waals surface area contributed by atoms with E-state index in [-0.39, 0.29) is 19.1 Å². The van der Waals surface area contributed by atoms with Gasteiger partial charge in [-0.3, -0.25) is 0 Å². The second kappa shape index (κ2) is 6.51. The summed E-state index contributed by atoms with van der Waals surface area (Å²) in [6.07, 6.45) is -4.52. The second-order valence-corrected chi connectivity index (χ2v) is 8.05. The fourth-order valence-electron chi connectivity index (χ4n) is 4.90. The van der Waals surface area contributed by atoms with Crippen LogP contribution in [-0.2, 0) is 18.1 Å². The molecule has 3 aromatic rings. The zero-order valence-corrected chi connectivity index (χ0v) is 17.0. The molecule has 1 unspecified atom stereocenters. The van der Waals surface area contributed by atoms with E-state index in [1.54, 1.807) is 7.11 Å². The second-order valence-electron chi connectivity index (χ2n) is 8.05. The highest BCUT2D eigenvalue weighted by atomic mass is 19.4. The summed E-state index contributed by atoms with van der Waals surface area (Å²) in [5.41, 5.74) is 2.16. The molecule has 0 fully saturated rings. The zero-order chi connectivity index (χ0) is 22.1. The molecule has 1 spiro atoms. The van der Waals surface area contributed by atoms with Crippen LogP contribution in [0.4, 0.5) is 18.9 Å². The number of nitrogens with zero attached hydrogens (tertiary/aromatic N) is 1. The average Bonchev–Trinajstić information content (AvgIpc) is 3.54. The van der Waals surface area contributed by atoms with Crippen LogP contribution in [0.15, 0.2) is 46.9 Å². The third kappa shape index (κ3) is 2.66. The van der Waals surface area contributed by atoms with Crippen LogP contribution in [0.1, 0.15) is 22.6 Å². The number of rotatable bonds is 3. The number of halogens is 3. The fourth-order valence-corrected chi connectivity index (χ4v) is 4.90. The van der Waals surface area contributed by atoms with Crippen LogP contribution in [0.3, 0.4) is 0 Å². The Hall–Kier alpha value is -3.49. The summed E-state index contributed by atoms with van der Waals surface area (Å²) < 4.78 is 66.9. The van der Waals surface area contributed by atoms with Crippen molar-refractivity contribution in [1.29, 1.82) is 0 Å². The molecule has 0 bridgehead atoms. The van der Waals surface area contributed by atoms with Gasteiger partial charge in [0.1, 0.15) is 23.9 Å². The number of furan rings is 1. The van der Waals surface area contributed by atoms with E-state index < -0.39 is 17.4 Å². The number of hydrogen-bond donors (Lipinski definition) is 0. The van der Waals surface area contributed by atoms with Gasteiger partial charge >= 0.3 is 6.18 Å². The van der Waals surface area contributed by atoms with Gasteiger partial charge in [0, 0.05) is 29.4 Å². The smallest absolute Gasteiger partial charge is 0.449 e. The van der Waals surface area contributed by atoms with E-state index in [2.05, 4.69) is 0 Å². The van der Waals surface area contributed by atoms with Crippen molar-refractivity contribution < 1.29 is 36.5 Å². The van der Waals surface area contributed by atoms with Crippen LogP contribution >= 0.6 is 0 Å². The lowest BCUT2D eigenvalue weighted by atomic mass is 9.77. The molecular weight excluding hydrogens is 427 g/mol. The number of alkyl halides is 3. The lowest BCUT2D eigenvalue weighted by Crippen LogP contribution is -2.36. The van der Waals surface area contributed by atoms with Crippen molar-refractivity contribution in [3.63, 3.8) is 0 Å². The molecule has 6 rings (SSSR count). The van der Waals surface area contributed by atoms with Gasteiger partial charge in [-0.25, -0.2) is 0 Å². The lowest BCUT2D eigenvalue weighted by Gasteiger charge is -2.25. The molecular formula is C23H18F3NO5. The Bertz CT molecular complexity index is 1220. The van der Waals surface area contributed by atoms with Crippen LogP contribution in [0.5, 0.6) is 23.0 Å². The fraction of sp³-hybridized carbons (Fsp3) is 0.304. The summed E-state index contributed by atoms with van der Waals surface area (Å²) in [5, 5.41) is 0. The Kier molecular flexibility index (Phi) is 3.91. The van der Waals surface area contributed by atoms with Gasteiger partial charge in [0.2, 0.25) is 12.6 Å². The lowest BCUT2D eigenvalue weighted by molar-refractivity contribution is -0.153. The first kappa shape index (κ1) is 19.2. The highest BCUT2D eigenvalue weighted by molar-refractivity contribution is 5.74. The molecule has 0 saturated heterocycles. The number of methoxy groups -OCH3 is 1. The molecule has 2 aromatic carbocycles. The molecule has 1 aromatic heterocycles. The molecule has 3 aliphatic heterocycles. The van der Waals surface area contributed by atoms with Crippen molar-refractivity contribution in [3.8, 4) is 23.0 Å². The Balaban J connectivity index is 1.44. The molecule has 0 aliphatic carbocycles. The molecule has 3 aliphatic rings. The quantitative estimate of drug-likeness (QED) is 0.581. The zero-order valence-electron chi connectivity index (χ0n) is 17.0. The number of benzene rings is 2. The molecule has 0 N–H and O–H groups in total. The van der Waals surface area contributed by atoms with Crippen molar-refractivity contribution in [1.82, 2.24) is 0 Å². The standard InChI is InChI=1S/C23H18F3NO5/c1-28-16-4-2-3-15-21(16)22(10-27(15)9-13-5-6-20(32-13)23(24,25)26)11-29-17-8-19-18(7-14(17)22)30-12-31-19/h2-8H,9-12H2,1H3. The topological polar surface area (TPSA) is 53.3 Å². The van der Waals surface area contributed by atoms with E-state index in [1.807, 2.05) is 35.2 Å². The van der Waals surface area contributed by atoms with E-state index in [4.69, 9.17) is 23.4 Å². The Morgan fingerprint density at radius 3 is 2.59 bits per heavy atom. The predicted octanol–water partition coefficient (Wildman–Crippen LogP) is 4.73. The summed E-state index contributed by atoms with van der Waals surface area (Å²) in [5.74, 6) is 1.89. The SMILES string of the molecule is COc1cccc2c1C1(COc3cc4c(cc31)OCO4)CN2Cc1ccc(C(F)(F)F)o1. The van der Waals surface area contributed by atoms with Crippen molar-refractivity contribution in [3.05, 3.63) is 65.1 Å². The highest BCUT2D eigenvalue weighted by Gasteiger charge is 2.52. The Labute approximate surface area is 181 Å². The first-order valence-corrected chi connectivity index (χ1v) is 10.0. The third-order valence-corrected chi connectivity index (χ3v) is 6.26. The molecule has 0 saturated carbocycles. The van der Waals surface area contributed by atoms with Gasteiger partial charge in [-0.2, -0.15) is 13.2 Å². The minimum Gasteiger partial charge on any atom is -0.496 e. The van der Waals surface area contributed by atoms with Crippen LogP contribution in [-0.4, -0.2) is 27.1 Å². The number of ether oxygens (including phenoxy) is 4. The summed E-state index contributed by atoms with van der Waals surface area (Å²) >= 11 is 0. The monoisotopic (exact) mass is 445 g/mol. The van der Waals surface area contributed by atoms with Gasteiger partial charge in [0.25, 0.3) is 0 Å². The van der Waals surface area contributed by atoms with Crippen LogP contribution < -0.4 is 23.8 Å². The maximum absolute atomic E-state index is 13.0. The molecule has 9 heteroatoms. The van der Waals surface area contributed by atoms with Gasteiger partial charge in [-0.05, 0) is 30.3 Å². The minimum absolute atomic E-state index is 0.150. The van der Waals surface area contributed by atoms with E-state index in [9.17, 15) is 13.2 Å². The van der Waals surface area contributed by atoms with Crippen LogP contribution in [0.25, 0.3) is 0 Å². The predicted molar refractivity (Wildman–Crippen MR) is 107 cm³/mol.